The van der Waals surface area contributed by atoms with Crippen LogP contribution in [0.2, 0.25) is 0 Å². The lowest BCUT2D eigenvalue weighted by atomic mass is 10.0. The predicted molar refractivity (Wildman–Crippen MR) is 176 cm³/mol. The van der Waals surface area contributed by atoms with Crippen LogP contribution in [-0.4, -0.2) is 46.1 Å². The van der Waals surface area contributed by atoms with Gasteiger partial charge >= 0.3 is 0 Å². The SMILES string of the molecule is CCCCCCCCC/C=C/C=C/[C@@H](O)[C@H](CO)NC(=O)C(O)CCCCCCCCCCCCCCCCCC. The van der Waals surface area contributed by atoms with Crippen LogP contribution < -0.4 is 5.32 Å². The van der Waals surface area contributed by atoms with Gasteiger partial charge in [0.2, 0.25) is 5.91 Å². The highest BCUT2D eigenvalue weighted by molar-refractivity contribution is 5.80. The Morgan fingerprint density at radius 1 is 0.610 bits per heavy atom. The number of unbranched alkanes of at least 4 members (excludes halogenated alkanes) is 22. The fraction of sp³-hybridized carbons (Fsp3) is 0.861. The molecule has 0 bridgehead atoms. The molecule has 0 spiro atoms. The highest BCUT2D eigenvalue weighted by Gasteiger charge is 2.22. The van der Waals surface area contributed by atoms with E-state index in [1.54, 1.807) is 12.2 Å². The van der Waals surface area contributed by atoms with Crippen LogP contribution in [0.3, 0.4) is 0 Å². The zero-order valence-corrected chi connectivity index (χ0v) is 27.2. The maximum absolute atomic E-state index is 12.3. The summed E-state index contributed by atoms with van der Waals surface area (Å²) in [5.41, 5.74) is 0. The Morgan fingerprint density at radius 2 is 1.02 bits per heavy atom. The van der Waals surface area contributed by atoms with Crippen molar-refractivity contribution in [3.63, 3.8) is 0 Å². The monoisotopic (exact) mass is 580 g/mol. The first kappa shape index (κ1) is 39.8. The Hall–Kier alpha value is -1.17. The average Bonchev–Trinajstić information content (AvgIpc) is 2.98. The number of carbonyl (C=O) groups excluding carboxylic acids is 1. The first-order valence-corrected chi connectivity index (χ1v) is 17.7. The van der Waals surface area contributed by atoms with Gasteiger partial charge in [-0.15, -0.1) is 0 Å². The third-order valence-corrected chi connectivity index (χ3v) is 8.10. The van der Waals surface area contributed by atoms with Crippen LogP contribution in [0, 0.1) is 0 Å². The highest BCUT2D eigenvalue weighted by atomic mass is 16.3. The fourth-order valence-electron chi connectivity index (χ4n) is 5.24. The van der Waals surface area contributed by atoms with Gasteiger partial charge in [-0.25, -0.2) is 0 Å². The van der Waals surface area contributed by atoms with Crippen molar-refractivity contribution in [1.29, 1.82) is 0 Å². The van der Waals surface area contributed by atoms with Crippen molar-refractivity contribution < 1.29 is 20.1 Å². The van der Waals surface area contributed by atoms with E-state index in [1.807, 2.05) is 6.08 Å². The van der Waals surface area contributed by atoms with Crippen LogP contribution in [-0.2, 0) is 4.79 Å². The molecule has 242 valence electrons. The van der Waals surface area contributed by atoms with Crippen molar-refractivity contribution >= 4 is 5.91 Å². The zero-order valence-electron chi connectivity index (χ0n) is 27.2. The average molecular weight is 580 g/mol. The summed E-state index contributed by atoms with van der Waals surface area (Å²) < 4.78 is 0. The van der Waals surface area contributed by atoms with Gasteiger partial charge in [-0.05, 0) is 19.3 Å². The van der Waals surface area contributed by atoms with Crippen LogP contribution in [0.15, 0.2) is 24.3 Å². The molecule has 0 rings (SSSR count). The van der Waals surface area contributed by atoms with Gasteiger partial charge < -0.3 is 20.6 Å². The second-order valence-corrected chi connectivity index (χ2v) is 12.1. The number of nitrogens with one attached hydrogen (secondary N) is 1. The molecule has 41 heavy (non-hydrogen) atoms. The van der Waals surface area contributed by atoms with Crippen LogP contribution in [0.25, 0.3) is 0 Å². The molecular weight excluding hydrogens is 510 g/mol. The smallest absolute Gasteiger partial charge is 0.249 e. The van der Waals surface area contributed by atoms with Crippen molar-refractivity contribution in [2.45, 2.75) is 193 Å². The fourth-order valence-corrected chi connectivity index (χ4v) is 5.24. The number of carbonyl (C=O) groups is 1. The van der Waals surface area contributed by atoms with E-state index in [4.69, 9.17) is 0 Å². The summed E-state index contributed by atoms with van der Waals surface area (Å²) in [5.74, 6) is -0.521. The van der Waals surface area contributed by atoms with Gasteiger partial charge in [0, 0.05) is 0 Å². The molecule has 5 nitrogen and oxygen atoms in total. The molecule has 5 heteroatoms. The van der Waals surface area contributed by atoms with Crippen LogP contribution >= 0.6 is 0 Å². The molecule has 0 aromatic carbocycles. The molecule has 0 saturated heterocycles. The summed E-state index contributed by atoms with van der Waals surface area (Å²) in [6, 6.07) is -0.823. The van der Waals surface area contributed by atoms with Gasteiger partial charge in [-0.1, -0.05) is 179 Å². The molecular formula is C36H69NO4. The lowest BCUT2D eigenvalue weighted by Gasteiger charge is -2.21. The lowest BCUT2D eigenvalue weighted by molar-refractivity contribution is -0.131. The van der Waals surface area contributed by atoms with E-state index in [-0.39, 0.29) is 6.61 Å². The predicted octanol–water partition coefficient (Wildman–Crippen LogP) is 9.09. The number of hydrogen-bond acceptors (Lipinski definition) is 4. The van der Waals surface area contributed by atoms with E-state index < -0.39 is 24.2 Å². The molecule has 0 aliphatic rings. The second-order valence-electron chi connectivity index (χ2n) is 12.1. The van der Waals surface area contributed by atoms with E-state index in [0.29, 0.717) is 6.42 Å². The Morgan fingerprint density at radius 3 is 1.46 bits per heavy atom. The molecule has 1 unspecified atom stereocenters. The quantitative estimate of drug-likeness (QED) is 0.0487. The summed E-state index contributed by atoms with van der Waals surface area (Å²) in [4.78, 5) is 12.3. The maximum Gasteiger partial charge on any atom is 0.249 e. The summed E-state index contributed by atoms with van der Waals surface area (Å²) in [5, 5.41) is 32.8. The van der Waals surface area contributed by atoms with Gasteiger partial charge in [0.15, 0.2) is 0 Å². The van der Waals surface area contributed by atoms with Crippen LogP contribution in [0.4, 0.5) is 0 Å². The maximum atomic E-state index is 12.3. The van der Waals surface area contributed by atoms with Crippen LogP contribution in [0.1, 0.15) is 174 Å². The summed E-state index contributed by atoms with van der Waals surface area (Å²) in [6.45, 7) is 4.12. The minimum atomic E-state index is -1.10. The summed E-state index contributed by atoms with van der Waals surface area (Å²) in [6.07, 6.45) is 36.3. The Kier molecular flexibility index (Phi) is 30.9. The number of hydrogen-bond donors (Lipinski definition) is 4. The summed E-state index contributed by atoms with van der Waals surface area (Å²) >= 11 is 0. The summed E-state index contributed by atoms with van der Waals surface area (Å²) in [7, 11) is 0. The van der Waals surface area contributed by atoms with Crippen LogP contribution in [0.5, 0.6) is 0 Å². The zero-order chi connectivity index (χ0) is 30.2. The van der Waals surface area contributed by atoms with Crippen molar-refractivity contribution in [1.82, 2.24) is 5.32 Å². The number of amides is 1. The number of aliphatic hydroxyl groups is 3. The van der Waals surface area contributed by atoms with Gasteiger partial charge in [-0.2, -0.15) is 0 Å². The first-order chi connectivity index (χ1) is 20.1. The van der Waals surface area contributed by atoms with Crippen molar-refractivity contribution in [3.05, 3.63) is 24.3 Å². The van der Waals surface area contributed by atoms with E-state index in [9.17, 15) is 20.1 Å². The molecule has 0 heterocycles. The highest BCUT2D eigenvalue weighted by Crippen LogP contribution is 2.15. The second kappa shape index (κ2) is 31.8. The standard InChI is InChI=1S/C36H69NO4/c1-3-5-7-9-11-13-15-16-17-18-19-21-23-25-27-29-31-35(40)36(41)37-33(32-38)34(39)30-28-26-24-22-20-14-12-10-8-6-4-2/h24,26,28,30,33-35,38-40H,3-23,25,27,29,31-32H2,1-2H3,(H,37,41)/b26-24+,30-28+/t33-,34+,35?/m0/s1. The lowest BCUT2D eigenvalue weighted by Crippen LogP contribution is -2.48. The molecule has 0 aliphatic heterocycles. The first-order valence-electron chi connectivity index (χ1n) is 17.7. The van der Waals surface area contributed by atoms with Crippen molar-refractivity contribution in [2.75, 3.05) is 6.61 Å². The third-order valence-electron chi connectivity index (χ3n) is 8.10. The van der Waals surface area contributed by atoms with E-state index in [0.717, 1.165) is 25.7 Å². The van der Waals surface area contributed by atoms with E-state index in [2.05, 4.69) is 25.2 Å². The molecule has 4 N–H and O–H groups in total. The Labute approximate surface area is 254 Å². The Bertz CT molecular complexity index is 606. The molecule has 0 saturated carbocycles. The largest absolute Gasteiger partial charge is 0.394 e. The molecule has 0 fully saturated rings. The van der Waals surface area contributed by atoms with E-state index >= 15 is 0 Å². The minimum absolute atomic E-state index is 0.384. The van der Waals surface area contributed by atoms with Gasteiger partial charge in [-0.3, -0.25) is 4.79 Å². The van der Waals surface area contributed by atoms with Gasteiger partial charge in [0.1, 0.15) is 6.10 Å². The van der Waals surface area contributed by atoms with E-state index in [1.165, 1.54) is 128 Å². The molecule has 1 amide bonds. The third kappa shape index (κ3) is 27.4. The number of rotatable bonds is 31. The molecule has 0 aromatic rings. The molecule has 0 radical (unpaired) electrons. The molecule has 0 aliphatic carbocycles. The number of aliphatic hydroxyl groups excluding tert-OH is 3. The normalized spacial score (nSPS) is 14.2. The Balaban J connectivity index is 3.77. The van der Waals surface area contributed by atoms with Gasteiger partial charge in [0.25, 0.3) is 0 Å². The molecule has 0 aromatic heterocycles. The number of allylic oxidation sites excluding steroid dienone is 3. The molecule has 3 atom stereocenters. The van der Waals surface area contributed by atoms with Crippen molar-refractivity contribution in [2.24, 2.45) is 0 Å². The van der Waals surface area contributed by atoms with Gasteiger partial charge in [0.05, 0.1) is 18.8 Å². The van der Waals surface area contributed by atoms with Crippen molar-refractivity contribution in [3.8, 4) is 0 Å². The minimum Gasteiger partial charge on any atom is -0.394 e. The topological polar surface area (TPSA) is 89.8 Å².